The summed E-state index contributed by atoms with van der Waals surface area (Å²) < 4.78 is 29.2. The van der Waals surface area contributed by atoms with E-state index in [-0.39, 0.29) is 37.2 Å². The van der Waals surface area contributed by atoms with Crippen molar-refractivity contribution in [3.8, 4) is 0 Å². The van der Waals surface area contributed by atoms with Crippen molar-refractivity contribution >= 4 is 54.2 Å². The largest absolute Gasteiger partial charge is 0.354 e. The Morgan fingerprint density at radius 3 is 2.28 bits per heavy atom. The highest BCUT2D eigenvalue weighted by Crippen LogP contribution is 2.42. The van der Waals surface area contributed by atoms with E-state index in [4.69, 9.17) is 0 Å². The van der Waals surface area contributed by atoms with Crippen LogP contribution in [0.3, 0.4) is 0 Å². The van der Waals surface area contributed by atoms with E-state index in [1.54, 1.807) is 17.0 Å². The molecule has 43 heavy (non-hydrogen) atoms. The van der Waals surface area contributed by atoms with Crippen LogP contribution in [0.4, 0.5) is 5.69 Å². The van der Waals surface area contributed by atoms with E-state index < -0.39 is 16.1 Å². The van der Waals surface area contributed by atoms with Crippen LogP contribution in [0, 0.1) is 5.92 Å². The second-order valence-electron chi connectivity index (χ2n) is 11.3. The minimum atomic E-state index is -3.72. The lowest BCUT2D eigenvalue weighted by Gasteiger charge is -2.32. The number of hydrogen-bond donors (Lipinski definition) is 1. The third-order valence-corrected chi connectivity index (χ3v) is 10.0. The van der Waals surface area contributed by atoms with Crippen LogP contribution < -0.4 is 9.62 Å². The number of sulfonamides is 1. The van der Waals surface area contributed by atoms with Gasteiger partial charge in [-0.15, -0.1) is 0 Å². The van der Waals surface area contributed by atoms with E-state index in [1.165, 1.54) is 4.31 Å². The van der Waals surface area contributed by atoms with Crippen molar-refractivity contribution in [2.24, 2.45) is 5.92 Å². The molecule has 1 N–H and O–H groups in total. The minimum absolute atomic E-state index is 0.0949. The number of nitrogens with one attached hydrogen (secondary N) is 1. The summed E-state index contributed by atoms with van der Waals surface area (Å²) in [6.07, 6.45) is 0.771. The SMILES string of the molecule is CC(C)CNC(=O)[C@H](Cc1ccccc1)N(Cc1ccc(Br)cc1)C(=O)CCCN1c2cccc3cccc(c23)S1(=O)=O. The molecule has 0 saturated carbocycles. The summed E-state index contributed by atoms with van der Waals surface area (Å²) in [6.45, 7) is 4.98. The summed E-state index contributed by atoms with van der Waals surface area (Å²) in [7, 11) is -3.72. The van der Waals surface area contributed by atoms with Gasteiger partial charge in [-0.2, -0.15) is 0 Å². The third kappa shape index (κ3) is 6.94. The molecule has 0 bridgehead atoms. The van der Waals surface area contributed by atoms with Gasteiger partial charge in [0.05, 0.1) is 10.6 Å². The van der Waals surface area contributed by atoms with Crippen molar-refractivity contribution in [3.05, 3.63) is 107 Å². The lowest BCUT2D eigenvalue weighted by molar-refractivity contribution is -0.141. The molecule has 5 rings (SSSR count). The fourth-order valence-corrected chi connectivity index (χ4v) is 7.49. The zero-order valence-electron chi connectivity index (χ0n) is 24.4. The first-order chi connectivity index (χ1) is 20.6. The summed E-state index contributed by atoms with van der Waals surface area (Å²) >= 11 is 3.47. The molecule has 2 amide bonds. The summed E-state index contributed by atoms with van der Waals surface area (Å²) in [5.41, 5.74) is 2.49. The molecule has 1 heterocycles. The number of benzene rings is 4. The fraction of sp³-hybridized carbons (Fsp3) is 0.294. The first-order valence-electron chi connectivity index (χ1n) is 14.5. The third-order valence-electron chi connectivity index (χ3n) is 7.65. The van der Waals surface area contributed by atoms with Gasteiger partial charge in [0, 0.05) is 42.3 Å². The van der Waals surface area contributed by atoms with Crippen LogP contribution in [0.5, 0.6) is 0 Å². The molecule has 224 valence electrons. The van der Waals surface area contributed by atoms with Gasteiger partial charge in [-0.25, -0.2) is 8.42 Å². The van der Waals surface area contributed by atoms with Crippen molar-refractivity contribution < 1.29 is 18.0 Å². The van der Waals surface area contributed by atoms with Gasteiger partial charge in [-0.3, -0.25) is 13.9 Å². The minimum Gasteiger partial charge on any atom is -0.354 e. The number of halogens is 1. The number of rotatable bonds is 12. The summed E-state index contributed by atoms with van der Waals surface area (Å²) in [5.74, 6) is -0.143. The highest BCUT2D eigenvalue weighted by atomic mass is 79.9. The average Bonchev–Trinajstić information content (AvgIpc) is 3.22. The highest BCUT2D eigenvalue weighted by Gasteiger charge is 2.36. The molecule has 4 aromatic rings. The Hall–Kier alpha value is -3.69. The molecular weight excluding hydrogens is 626 g/mol. The van der Waals surface area contributed by atoms with E-state index in [0.717, 1.165) is 26.4 Å². The predicted octanol–water partition coefficient (Wildman–Crippen LogP) is 6.30. The van der Waals surface area contributed by atoms with Crippen molar-refractivity contribution in [3.63, 3.8) is 0 Å². The summed E-state index contributed by atoms with van der Waals surface area (Å²) in [4.78, 5) is 29.6. The lowest BCUT2D eigenvalue weighted by atomic mass is 10.0. The van der Waals surface area contributed by atoms with Crippen LogP contribution in [0.2, 0.25) is 0 Å². The lowest BCUT2D eigenvalue weighted by Crippen LogP contribution is -2.51. The van der Waals surface area contributed by atoms with Crippen LogP contribution in [0.25, 0.3) is 10.8 Å². The number of carbonyl (C=O) groups is 2. The molecule has 1 aliphatic rings. The molecule has 9 heteroatoms. The molecule has 0 aromatic heterocycles. The number of carbonyl (C=O) groups excluding carboxylic acids is 2. The molecule has 1 atom stereocenters. The van der Waals surface area contributed by atoms with Crippen molar-refractivity contribution in [2.75, 3.05) is 17.4 Å². The van der Waals surface area contributed by atoms with Crippen molar-refractivity contribution in [1.29, 1.82) is 0 Å². The van der Waals surface area contributed by atoms with Crippen molar-refractivity contribution in [2.45, 2.75) is 50.6 Å². The topological polar surface area (TPSA) is 86.8 Å². The number of anilines is 1. The molecule has 0 fully saturated rings. The standard InChI is InChI=1S/C34H36BrN3O4S/c1-24(2)22-36-34(40)30(21-25-9-4-3-5-10-25)37(23-26-16-18-28(35)19-17-26)32(39)15-8-20-38-29-13-6-11-27-12-7-14-31(33(27)29)43(38,41)42/h3-7,9-14,16-19,24,30H,8,15,20-23H2,1-2H3,(H,36,40)/t30-/m0/s1. The van der Waals surface area contributed by atoms with Gasteiger partial charge in [-0.1, -0.05) is 96.5 Å². The van der Waals surface area contributed by atoms with Gasteiger partial charge >= 0.3 is 0 Å². The van der Waals surface area contributed by atoms with Gasteiger partial charge in [-0.05, 0) is 53.1 Å². The number of hydrogen-bond acceptors (Lipinski definition) is 4. The van der Waals surface area contributed by atoms with E-state index in [1.807, 2.05) is 92.7 Å². The van der Waals surface area contributed by atoms with Gasteiger partial charge in [0.2, 0.25) is 11.8 Å². The summed E-state index contributed by atoms with van der Waals surface area (Å²) in [5, 5.41) is 4.63. The molecule has 0 unspecified atom stereocenters. The Labute approximate surface area is 262 Å². The average molecular weight is 663 g/mol. The van der Waals surface area contributed by atoms with Crippen LogP contribution in [0.15, 0.2) is 100 Å². The normalized spacial score (nSPS) is 14.2. The summed E-state index contributed by atoms with van der Waals surface area (Å²) in [6, 6.07) is 27.5. The molecule has 4 aromatic carbocycles. The van der Waals surface area contributed by atoms with E-state index in [2.05, 4.69) is 21.2 Å². The Balaban J connectivity index is 1.39. The Bertz CT molecular complexity index is 1700. The second kappa shape index (κ2) is 13.3. The molecule has 0 saturated heterocycles. The smallest absolute Gasteiger partial charge is 0.265 e. The zero-order valence-corrected chi connectivity index (χ0v) is 26.8. The first kappa shape index (κ1) is 30.8. The molecular formula is C34H36BrN3O4S. The van der Waals surface area contributed by atoms with E-state index >= 15 is 0 Å². The van der Waals surface area contributed by atoms with Gasteiger partial charge in [0.1, 0.15) is 6.04 Å². The van der Waals surface area contributed by atoms with Crippen molar-refractivity contribution in [1.82, 2.24) is 10.2 Å². The highest BCUT2D eigenvalue weighted by molar-refractivity contribution is 9.10. The van der Waals surface area contributed by atoms with Gasteiger partial charge in [0.15, 0.2) is 0 Å². The van der Waals surface area contributed by atoms with Crippen LogP contribution >= 0.6 is 15.9 Å². The van der Waals surface area contributed by atoms with E-state index in [0.29, 0.717) is 30.0 Å². The van der Waals surface area contributed by atoms with Gasteiger partial charge in [0.25, 0.3) is 10.0 Å². The van der Waals surface area contributed by atoms with Crippen LogP contribution in [-0.4, -0.2) is 44.3 Å². The number of nitrogens with zero attached hydrogens (tertiary/aromatic N) is 2. The Morgan fingerprint density at radius 1 is 0.884 bits per heavy atom. The van der Waals surface area contributed by atoms with Gasteiger partial charge < -0.3 is 10.2 Å². The molecule has 1 aliphatic heterocycles. The fourth-order valence-electron chi connectivity index (χ4n) is 5.48. The van der Waals surface area contributed by atoms with Crippen LogP contribution in [0.1, 0.15) is 37.8 Å². The zero-order chi connectivity index (χ0) is 30.6. The Morgan fingerprint density at radius 2 is 1.58 bits per heavy atom. The molecule has 7 nitrogen and oxygen atoms in total. The molecule has 0 radical (unpaired) electrons. The quantitative estimate of drug-likeness (QED) is 0.193. The predicted molar refractivity (Wildman–Crippen MR) is 174 cm³/mol. The van der Waals surface area contributed by atoms with E-state index in [9.17, 15) is 18.0 Å². The first-order valence-corrected chi connectivity index (χ1v) is 16.8. The maximum atomic E-state index is 14.0. The number of amides is 2. The second-order valence-corrected chi connectivity index (χ2v) is 14.1. The maximum absolute atomic E-state index is 14.0. The van der Waals surface area contributed by atoms with Crippen LogP contribution in [-0.2, 0) is 32.6 Å². The Kier molecular flexibility index (Phi) is 9.52. The molecule has 0 aliphatic carbocycles. The monoisotopic (exact) mass is 661 g/mol. The molecule has 0 spiro atoms. The maximum Gasteiger partial charge on any atom is 0.265 e.